The molecular formula is C28H34N2O6. The maximum atomic E-state index is 14.3. The van der Waals surface area contributed by atoms with Gasteiger partial charge in [-0.15, -0.1) is 0 Å². The van der Waals surface area contributed by atoms with E-state index < -0.39 is 35.0 Å². The fourth-order valence-electron chi connectivity index (χ4n) is 6.58. The topological polar surface area (TPSA) is 96.4 Å². The summed E-state index contributed by atoms with van der Waals surface area (Å²) in [5.41, 5.74) is 0.221. The molecule has 0 bridgehead atoms. The number of aliphatic hydroxyl groups excluding tert-OH is 1. The van der Waals surface area contributed by atoms with E-state index in [1.54, 1.807) is 11.8 Å². The molecule has 4 heterocycles. The molecular weight excluding hydrogens is 460 g/mol. The Kier molecular flexibility index (Phi) is 6.29. The van der Waals surface area contributed by atoms with E-state index in [9.17, 15) is 19.5 Å². The van der Waals surface area contributed by atoms with E-state index in [1.807, 2.05) is 56.4 Å². The Morgan fingerprint density at radius 2 is 1.78 bits per heavy atom. The molecule has 1 spiro atoms. The van der Waals surface area contributed by atoms with Gasteiger partial charge in [-0.2, -0.15) is 0 Å². The van der Waals surface area contributed by atoms with E-state index in [-0.39, 0.29) is 31.6 Å². The molecule has 8 heteroatoms. The van der Waals surface area contributed by atoms with Crippen LogP contribution in [0.4, 0.5) is 5.69 Å². The van der Waals surface area contributed by atoms with Gasteiger partial charge >= 0.3 is 5.97 Å². The molecule has 1 aromatic rings. The molecule has 4 aliphatic rings. The number of anilines is 1. The number of rotatable bonds is 3. The van der Waals surface area contributed by atoms with Crippen LogP contribution in [0.1, 0.15) is 37.3 Å². The molecule has 4 aliphatic heterocycles. The maximum absolute atomic E-state index is 14.3. The van der Waals surface area contributed by atoms with E-state index >= 15 is 0 Å². The predicted molar refractivity (Wildman–Crippen MR) is 133 cm³/mol. The van der Waals surface area contributed by atoms with Gasteiger partial charge in [-0.3, -0.25) is 14.4 Å². The number of β-amino-alcohol motifs (C(OH)–C–C–N with tert-alkyl or cyclic N) is 1. The first-order valence-corrected chi connectivity index (χ1v) is 12.8. The van der Waals surface area contributed by atoms with Crippen molar-refractivity contribution < 1.29 is 29.0 Å². The van der Waals surface area contributed by atoms with Crippen LogP contribution in [0.15, 0.2) is 42.5 Å². The van der Waals surface area contributed by atoms with Gasteiger partial charge in [0.1, 0.15) is 17.6 Å². The molecule has 0 saturated carbocycles. The average Bonchev–Trinajstić information content (AvgIpc) is 3.15. The summed E-state index contributed by atoms with van der Waals surface area (Å²) in [4.78, 5) is 44.8. The minimum Gasteiger partial charge on any atom is -0.465 e. The number of esters is 1. The highest BCUT2D eigenvalue weighted by Gasteiger charge is 2.74. The fraction of sp³-hybridized carbons (Fsp3) is 0.536. The van der Waals surface area contributed by atoms with Crippen molar-refractivity contribution in [1.29, 1.82) is 0 Å². The first-order chi connectivity index (χ1) is 17.2. The number of carbonyl (C=O) groups is 3. The van der Waals surface area contributed by atoms with Crippen molar-refractivity contribution >= 4 is 23.5 Å². The largest absolute Gasteiger partial charge is 0.465 e. The molecule has 2 amide bonds. The lowest BCUT2D eigenvalue weighted by atomic mass is 9.74. The van der Waals surface area contributed by atoms with Crippen LogP contribution in [0.2, 0.25) is 0 Å². The third-order valence-corrected chi connectivity index (χ3v) is 8.05. The number of hydrogen-bond donors (Lipinski definition) is 1. The summed E-state index contributed by atoms with van der Waals surface area (Å²) in [5, 5.41) is 9.83. The van der Waals surface area contributed by atoms with Gasteiger partial charge in [0.05, 0.1) is 24.7 Å². The van der Waals surface area contributed by atoms with Crippen LogP contribution in [0.5, 0.6) is 0 Å². The third kappa shape index (κ3) is 3.61. The Bertz CT molecular complexity index is 1120. The Morgan fingerprint density at radius 1 is 1.03 bits per heavy atom. The number of nitrogens with zero attached hydrogens (tertiary/aromatic N) is 2. The van der Waals surface area contributed by atoms with E-state index in [0.29, 0.717) is 6.54 Å². The van der Waals surface area contributed by atoms with E-state index in [1.165, 1.54) is 4.90 Å². The molecule has 2 fully saturated rings. The van der Waals surface area contributed by atoms with E-state index in [0.717, 1.165) is 36.1 Å². The SMILES string of the molecule is Cc1cccc(C)c1N1CC=C[C@]23O[C@@]4(C)/C=C\CCCCOC(=O)[C@H]4[C@H]2C(=O)N(CCO)C3C1=O. The molecule has 1 aromatic carbocycles. The summed E-state index contributed by atoms with van der Waals surface area (Å²) in [6, 6.07) is 4.84. The summed E-state index contributed by atoms with van der Waals surface area (Å²) >= 11 is 0. The van der Waals surface area contributed by atoms with Gasteiger partial charge in [0.2, 0.25) is 5.91 Å². The summed E-state index contributed by atoms with van der Waals surface area (Å²) in [5.74, 6) is -2.98. The molecule has 5 atom stereocenters. The van der Waals surface area contributed by atoms with Crippen molar-refractivity contribution in [2.45, 2.75) is 57.3 Å². The number of fused-ring (bicyclic) bond motifs is 2. The Balaban J connectivity index is 1.66. The van der Waals surface area contributed by atoms with Gasteiger partial charge in [0, 0.05) is 18.8 Å². The first-order valence-electron chi connectivity index (χ1n) is 12.8. The summed E-state index contributed by atoms with van der Waals surface area (Å²) in [6.07, 6.45) is 9.97. The van der Waals surface area contributed by atoms with Crippen LogP contribution in [0.25, 0.3) is 0 Å². The molecule has 1 N–H and O–H groups in total. The van der Waals surface area contributed by atoms with Gasteiger partial charge in [0.25, 0.3) is 5.91 Å². The molecule has 5 rings (SSSR count). The monoisotopic (exact) mass is 494 g/mol. The summed E-state index contributed by atoms with van der Waals surface area (Å²) in [6.45, 7) is 5.97. The second kappa shape index (κ2) is 9.16. The predicted octanol–water partition coefficient (Wildman–Crippen LogP) is 2.45. The molecule has 8 nitrogen and oxygen atoms in total. The molecule has 0 radical (unpaired) electrons. The molecule has 36 heavy (non-hydrogen) atoms. The zero-order valence-corrected chi connectivity index (χ0v) is 21.1. The number of carbonyl (C=O) groups excluding carboxylic acids is 3. The van der Waals surface area contributed by atoms with Crippen LogP contribution in [0, 0.1) is 25.7 Å². The number of likely N-dealkylation sites (tertiary alicyclic amines) is 1. The normalized spacial score (nSPS) is 35.1. The van der Waals surface area contributed by atoms with Crippen molar-refractivity contribution in [2.24, 2.45) is 11.8 Å². The van der Waals surface area contributed by atoms with Crippen molar-refractivity contribution in [2.75, 3.05) is 31.2 Å². The number of hydrogen-bond acceptors (Lipinski definition) is 6. The second-order valence-corrected chi connectivity index (χ2v) is 10.4. The minimum atomic E-state index is -1.36. The lowest BCUT2D eigenvalue weighted by molar-refractivity contribution is -0.158. The van der Waals surface area contributed by atoms with Gasteiger partial charge in [-0.1, -0.05) is 42.5 Å². The first kappa shape index (κ1) is 24.7. The molecule has 1 unspecified atom stereocenters. The van der Waals surface area contributed by atoms with Crippen LogP contribution in [-0.2, 0) is 23.9 Å². The Hall–Kier alpha value is -2.97. The maximum Gasteiger partial charge on any atom is 0.313 e. The second-order valence-electron chi connectivity index (χ2n) is 10.4. The highest BCUT2D eigenvalue weighted by molar-refractivity contribution is 6.06. The number of allylic oxidation sites excluding steroid dienone is 1. The van der Waals surface area contributed by atoms with Crippen LogP contribution < -0.4 is 4.90 Å². The number of benzene rings is 1. The van der Waals surface area contributed by atoms with Crippen LogP contribution in [-0.4, -0.2) is 71.3 Å². The fourth-order valence-corrected chi connectivity index (χ4v) is 6.58. The lowest BCUT2D eigenvalue weighted by Gasteiger charge is -2.37. The van der Waals surface area contributed by atoms with Crippen molar-refractivity contribution in [3.63, 3.8) is 0 Å². The standard InChI is InChI=1S/C28H34N2O6/c1-18-10-8-11-19(2)22(18)29-14-9-13-28-20(24(32)30(15-16-31)23(28)25(29)33)21-26(34)35-17-7-5-4-6-12-27(21,3)36-28/h6,8-13,20-21,23,31H,4-5,7,14-17H2,1-3H3/b12-6-/t20-,21+,23?,27-,28-/m0/s1. The van der Waals surface area contributed by atoms with Gasteiger partial charge in [-0.05, 0) is 51.2 Å². The summed E-state index contributed by atoms with van der Waals surface area (Å²) in [7, 11) is 0. The molecule has 192 valence electrons. The quantitative estimate of drug-likeness (QED) is 0.512. The zero-order valence-electron chi connectivity index (χ0n) is 21.1. The molecule has 0 aromatic heterocycles. The third-order valence-electron chi connectivity index (χ3n) is 8.05. The van der Waals surface area contributed by atoms with Crippen LogP contribution >= 0.6 is 0 Å². The minimum absolute atomic E-state index is 0.0282. The highest BCUT2D eigenvalue weighted by atomic mass is 16.6. The summed E-state index contributed by atoms with van der Waals surface area (Å²) < 4.78 is 12.4. The van der Waals surface area contributed by atoms with Crippen molar-refractivity contribution in [1.82, 2.24) is 4.90 Å². The number of aryl methyl sites for hydroxylation is 2. The molecule has 2 saturated heterocycles. The number of cyclic esters (lactones) is 1. The zero-order chi connectivity index (χ0) is 25.7. The smallest absolute Gasteiger partial charge is 0.313 e. The number of ether oxygens (including phenoxy) is 2. The van der Waals surface area contributed by atoms with Crippen LogP contribution in [0.3, 0.4) is 0 Å². The average molecular weight is 495 g/mol. The number of aliphatic hydroxyl groups is 1. The van der Waals surface area contributed by atoms with Crippen molar-refractivity contribution in [3.05, 3.63) is 53.6 Å². The van der Waals surface area contributed by atoms with E-state index in [4.69, 9.17) is 9.47 Å². The van der Waals surface area contributed by atoms with Gasteiger partial charge < -0.3 is 24.4 Å². The Morgan fingerprint density at radius 3 is 2.50 bits per heavy atom. The molecule has 0 aliphatic carbocycles. The van der Waals surface area contributed by atoms with Gasteiger partial charge in [0.15, 0.2) is 0 Å². The van der Waals surface area contributed by atoms with Gasteiger partial charge in [-0.25, -0.2) is 0 Å². The number of amides is 2. The lowest BCUT2D eigenvalue weighted by Crippen LogP contribution is -2.56. The highest BCUT2D eigenvalue weighted by Crippen LogP contribution is 2.57. The number of para-hydroxylation sites is 1. The van der Waals surface area contributed by atoms with E-state index in [2.05, 4.69) is 0 Å². The van der Waals surface area contributed by atoms with Crippen molar-refractivity contribution in [3.8, 4) is 0 Å². The Labute approximate surface area is 211 Å².